The maximum absolute atomic E-state index is 2.47. The first-order valence-corrected chi connectivity index (χ1v) is 18.4. The maximum atomic E-state index is 2.47. The van der Waals surface area contributed by atoms with Crippen LogP contribution >= 0.6 is 0 Å². The SMILES string of the molecule is c1ccc(N(c2ccccc2)c2ccc3c4ccccc4c4ccccc4c4ccccc4c4c(cc5ccc6cccc7ccc4c5c67)c3c2)cc1. The van der Waals surface area contributed by atoms with E-state index in [0.29, 0.717) is 0 Å². The fraction of sp³-hybridized carbons (Fsp3) is 0. The van der Waals surface area contributed by atoms with E-state index in [1.54, 1.807) is 0 Å². The molecule has 0 aliphatic carbocycles. The quantitative estimate of drug-likeness (QED) is 0.169. The van der Waals surface area contributed by atoms with Crippen LogP contribution in [0.3, 0.4) is 0 Å². The molecule has 11 rings (SSSR count). The topological polar surface area (TPSA) is 3.24 Å². The van der Waals surface area contributed by atoms with Gasteiger partial charge in [-0.25, -0.2) is 0 Å². The van der Waals surface area contributed by atoms with Crippen LogP contribution in [0, 0.1) is 0 Å². The van der Waals surface area contributed by atoms with Crippen molar-refractivity contribution in [3.63, 3.8) is 0 Å². The van der Waals surface area contributed by atoms with Gasteiger partial charge in [0.15, 0.2) is 0 Å². The van der Waals surface area contributed by atoms with Gasteiger partial charge in [-0.3, -0.25) is 0 Å². The van der Waals surface area contributed by atoms with Gasteiger partial charge in [-0.1, -0.05) is 158 Å². The highest BCUT2D eigenvalue weighted by atomic mass is 15.1. The van der Waals surface area contributed by atoms with Crippen molar-refractivity contribution in [3.05, 3.63) is 200 Å². The molecule has 0 fully saturated rings. The summed E-state index contributed by atoms with van der Waals surface area (Å²) in [6, 6.07) is 73.9. The van der Waals surface area contributed by atoms with E-state index in [-0.39, 0.29) is 0 Å². The molecule has 1 heteroatoms. The third-order valence-electron chi connectivity index (χ3n) is 11.1. The molecule has 0 N–H and O–H groups in total. The molecule has 0 aliphatic heterocycles. The van der Waals surface area contributed by atoms with Crippen LogP contribution in [-0.2, 0) is 0 Å². The molecule has 0 bridgehead atoms. The van der Waals surface area contributed by atoms with Crippen LogP contribution < -0.4 is 4.90 Å². The van der Waals surface area contributed by atoms with E-state index in [1.807, 2.05) is 0 Å². The van der Waals surface area contributed by atoms with Crippen LogP contribution in [0.5, 0.6) is 0 Å². The molecule has 53 heavy (non-hydrogen) atoms. The zero-order chi connectivity index (χ0) is 34.9. The second-order valence-electron chi connectivity index (χ2n) is 14.0. The molecular weight excluding hydrogens is 639 g/mol. The molecule has 1 nitrogen and oxygen atoms in total. The molecule has 246 valence electrons. The van der Waals surface area contributed by atoms with Crippen LogP contribution in [0.4, 0.5) is 17.1 Å². The number of rotatable bonds is 3. The molecule has 0 radical (unpaired) electrons. The lowest BCUT2D eigenvalue weighted by molar-refractivity contribution is 1.29. The van der Waals surface area contributed by atoms with Crippen molar-refractivity contribution in [2.75, 3.05) is 4.90 Å². The van der Waals surface area contributed by atoms with Gasteiger partial charge in [-0.2, -0.15) is 0 Å². The van der Waals surface area contributed by atoms with E-state index < -0.39 is 0 Å². The van der Waals surface area contributed by atoms with Crippen molar-refractivity contribution in [1.29, 1.82) is 0 Å². The summed E-state index contributed by atoms with van der Waals surface area (Å²) in [5, 5.41) is 20.1. The van der Waals surface area contributed by atoms with Crippen LogP contribution in [-0.4, -0.2) is 0 Å². The Hall–Kier alpha value is -6.96. The zero-order valence-electron chi connectivity index (χ0n) is 29.0. The van der Waals surface area contributed by atoms with E-state index in [1.165, 1.54) is 86.2 Å². The zero-order valence-corrected chi connectivity index (χ0v) is 29.0. The van der Waals surface area contributed by atoms with Gasteiger partial charge < -0.3 is 4.90 Å². The lowest BCUT2D eigenvalue weighted by atomic mass is 9.88. The molecule has 0 amide bonds. The number of hydrogen-bond donors (Lipinski definition) is 0. The van der Waals surface area contributed by atoms with Crippen molar-refractivity contribution >= 4 is 103 Å². The summed E-state index contributed by atoms with van der Waals surface area (Å²) in [6.45, 7) is 0. The average Bonchev–Trinajstić information content (AvgIpc) is 3.23. The Bertz CT molecular complexity index is 3220. The minimum atomic E-state index is 1.11. The molecule has 0 saturated carbocycles. The molecule has 11 aromatic carbocycles. The van der Waals surface area contributed by atoms with Gasteiger partial charge in [0.1, 0.15) is 0 Å². The van der Waals surface area contributed by atoms with Gasteiger partial charge in [0, 0.05) is 17.1 Å². The predicted octanol–water partition coefficient (Wildman–Crippen LogP) is 14.9. The number of benzene rings is 10. The Balaban J connectivity index is 1.45. The van der Waals surface area contributed by atoms with Gasteiger partial charge in [-0.15, -0.1) is 0 Å². The van der Waals surface area contributed by atoms with Crippen LogP contribution in [0.2, 0.25) is 0 Å². The lowest BCUT2D eigenvalue weighted by Gasteiger charge is -2.26. The van der Waals surface area contributed by atoms with Gasteiger partial charge in [-0.05, 0) is 129 Å². The molecule has 0 heterocycles. The first-order chi connectivity index (χ1) is 26.3. The van der Waals surface area contributed by atoms with Crippen molar-refractivity contribution in [1.82, 2.24) is 0 Å². The van der Waals surface area contributed by atoms with Crippen molar-refractivity contribution in [2.24, 2.45) is 0 Å². The predicted molar refractivity (Wildman–Crippen MR) is 230 cm³/mol. The van der Waals surface area contributed by atoms with Crippen LogP contribution in [0.15, 0.2) is 200 Å². The fourth-order valence-corrected chi connectivity index (χ4v) is 8.89. The fourth-order valence-electron chi connectivity index (χ4n) is 8.89. The average molecular weight is 672 g/mol. The molecule has 0 unspecified atom stereocenters. The second-order valence-corrected chi connectivity index (χ2v) is 14.0. The van der Waals surface area contributed by atoms with Crippen molar-refractivity contribution < 1.29 is 0 Å². The number of hydrogen-bond acceptors (Lipinski definition) is 1. The van der Waals surface area contributed by atoms with Crippen LogP contribution in [0.1, 0.15) is 0 Å². The normalized spacial score (nSPS) is 11.8. The minimum absolute atomic E-state index is 1.11. The highest BCUT2D eigenvalue weighted by Gasteiger charge is 2.17. The largest absolute Gasteiger partial charge is 0.310 e. The number of para-hydroxylation sites is 2. The third kappa shape index (κ3) is 4.58. The molecule has 11 aromatic rings. The molecule has 0 atom stereocenters. The summed E-state index contributed by atoms with van der Waals surface area (Å²) in [7, 11) is 0. The summed E-state index contributed by atoms with van der Waals surface area (Å²) >= 11 is 0. The Labute approximate surface area is 307 Å². The summed E-state index contributed by atoms with van der Waals surface area (Å²) in [4.78, 5) is 2.37. The first-order valence-electron chi connectivity index (χ1n) is 18.4. The van der Waals surface area contributed by atoms with E-state index in [9.17, 15) is 0 Å². The molecule has 0 aromatic heterocycles. The summed E-state index contributed by atoms with van der Waals surface area (Å²) in [6.07, 6.45) is 0. The highest BCUT2D eigenvalue weighted by Crippen LogP contribution is 2.45. The number of fused-ring (bicyclic) bond motifs is 11. The van der Waals surface area contributed by atoms with Crippen molar-refractivity contribution in [3.8, 4) is 0 Å². The molecule has 0 spiro atoms. The summed E-state index contributed by atoms with van der Waals surface area (Å²) < 4.78 is 0. The first kappa shape index (κ1) is 29.7. The van der Waals surface area contributed by atoms with E-state index in [0.717, 1.165) is 17.1 Å². The van der Waals surface area contributed by atoms with Gasteiger partial charge in [0.05, 0.1) is 0 Å². The van der Waals surface area contributed by atoms with E-state index in [2.05, 4.69) is 205 Å². The van der Waals surface area contributed by atoms with Crippen LogP contribution in [0.25, 0.3) is 86.2 Å². The summed E-state index contributed by atoms with van der Waals surface area (Å²) in [5.41, 5.74) is 3.35. The highest BCUT2D eigenvalue weighted by molar-refractivity contribution is 6.36. The Kier molecular flexibility index (Phi) is 6.62. The van der Waals surface area contributed by atoms with Gasteiger partial charge >= 0.3 is 0 Å². The lowest BCUT2D eigenvalue weighted by Crippen LogP contribution is -2.09. The maximum Gasteiger partial charge on any atom is 0.0468 e. The monoisotopic (exact) mass is 671 g/mol. The Morgan fingerprint density at radius 3 is 1.25 bits per heavy atom. The second kappa shape index (κ2) is 11.8. The number of nitrogens with zero attached hydrogens (tertiary/aromatic N) is 1. The molecule has 0 saturated heterocycles. The van der Waals surface area contributed by atoms with E-state index >= 15 is 0 Å². The van der Waals surface area contributed by atoms with Gasteiger partial charge in [0.2, 0.25) is 0 Å². The smallest absolute Gasteiger partial charge is 0.0468 e. The van der Waals surface area contributed by atoms with E-state index in [4.69, 9.17) is 0 Å². The van der Waals surface area contributed by atoms with Gasteiger partial charge in [0.25, 0.3) is 0 Å². The molecule has 0 aliphatic rings. The number of anilines is 3. The van der Waals surface area contributed by atoms with Crippen molar-refractivity contribution in [2.45, 2.75) is 0 Å². The third-order valence-corrected chi connectivity index (χ3v) is 11.1. The Morgan fingerprint density at radius 1 is 0.208 bits per heavy atom. The summed E-state index contributed by atoms with van der Waals surface area (Å²) in [5.74, 6) is 0. The Morgan fingerprint density at radius 2 is 0.660 bits per heavy atom. The standard InChI is InChI=1S/C52H33N/c1-3-16-37(17-4-1)53(38-18-5-2-6-19-38)39-29-31-45-43-23-10-8-21-41(43)40-20-7-9-22-42(40)44-24-11-12-25-46(44)52-47-30-28-35-15-13-14-34-26-27-36(51(47)50(34)35)32-49(52)48(45)33-39/h1-33H. The minimum Gasteiger partial charge on any atom is -0.310 e. The molecular formula is C52H33N.